The second-order valence-corrected chi connectivity index (χ2v) is 7.34. The standard InChI is InChI=1S/C22H21ClN2O3/c23-18-7-3-2-6-17(18)20-14-25(11-12-28-20)21(26)10-9-16-13-15-5-1-4-8-19(15)24-22(16)27/h1-8,13,20H,9-12,14H2,(H,24,27). The number of aromatic nitrogens is 1. The van der Waals surface area contributed by atoms with Crippen molar-refractivity contribution in [3.05, 3.63) is 81.1 Å². The highest BCUT2D eigenvalue weighted by molar-refractivity contribution is 6.31. The number of carbonyl (C=O) groups is 1. The Morgan fingerprint density at radius 2 is 1.96 bits per heavy atom. The molecule has 6 heteroatoms. The van der Waals surface area contributed by atoms with E-state index in [1.54, 1.807) is 4.90 Å². The molecular formula is C22H21ClN2O3. The van der Waals surface area contributed by atoms with Crippen LogP contribution in [0.25, 0.3) is 10.9 Å². The Kier molecular flexibility index (Phi) is 5.46. The van der Waals surface area contributed by atoms with E-state index >= 15 is 0 Å². The van der Waals surface area contributed by atoms with Crippen molar-refractivity contribution < 1.29 is 9.53 Å². The van der Waals surface area contributed by atoms with Crippen molar-refractivity contribution in [1.82, 2.24) is 9.88 Å². The molecule has 1 saturated heterocycles. The topological polar surface area (TPSA) is 62.4 Å². The number of hydrogen-bond donors (Lipinski definition) is 1. The fraction of sp³-hybridized carbons (Fsp3) is 0.273. The minimum Gasteiger partial charge on any atom is -0.370 e. The van der Waals surface area contributed by atoms with Crippen LogP contribution in [0.1, 0.15) is 23.7 Å². The first-order valence-electron chi connectivity index (χ1n) is 9.36. The molecule has 0 spiro atoms. The Hall–Kier alpha value is -2.63. The number of nitrogens with one attached hydrogen (secondary N) is 1. The molecule has 3 aromatic rings. The normalized spacial score (nSPS) is 17.0. The molecular weight excluding hydrogens is 376 g/mol. The maximum atomic E-state index is 12.7. The van der Waals surface area contributed by atoms with Crippen LogP contribution in [0.4, 0.5) is 0 Å². The number of aromatic amines is 1. The van der Waals surface area contributed by atoms with E-state index in [2.05, 4.69) is 4.98 Å². The van der Waals surface area contributed by atoms with E-state index in [4.69, 9.17) is 16.3 Å². The monoisotopic (exact) mass is 396 g/mol. The fourth-order valence-electron chi connectivity index (χ4n) is 3.58. The number of H-pyrrole nitrogens is 1. The molecule has 1 fully saturated rings. The number of ether oxygens (including phenoxy) is 1. The summed E-state index contributed by atoms with van der Waals surface area (Å²) in [6.45, 7) is 1.49. The third kappa shape index (κ3) is 3.96. The molecule has 0 bridgehead atoms. The zero-order chi connectivity index (χ0) is 19.5. The van der Waals surface area contributed by atoms with Gasteiger partial charge in [-0.05, 0) is 30.0 Å². The predicted octanol–water partition coefficient (Wildman–Crippen LogP) is 3.71. The van der Waals surface area contributed by atoms with E-state index < -0.39 is 0 Å². The van der Waals surface area contributed by atoms with Gasteiger partial charge in [-0.2, -0.15) is 0 Å². The summed E-state index contributed by atoms with van der Waals surface area (Å²) in [6, 6.07) is 17.0. The van der Waals surface area contributed by atoms with Gasteiger partial charge >= 0.3 is 0 Å². The van der Waals surface area contributed by atoms with Gasteiger partial charge < -0.3 is 14.6 Å². The molecule has 1 unspecified atom stereocenters. The van der Waals surface area contributed by atoms with E-state index in [1.165, 1.54) is 0 Å². The minimum atomic E-state index is -0.226. The predicted molar refractivity (Wildman–Crippen MR) is 110 cm³/mol. The van der Waals surface area contributed by atoms with Crippen molar-refractivity contribution in [1.29, 1.82) is 0 Å². The molecule has 5 nitrogen and oxygen atoms in total. The smallest absolute Gasteiger partial charge is 0.251 e. The van der Waals surface area contributed by atoms with Crippen molar-refractivity contribution in [2.24, 2.45) is 0 Å². The average molecular weight is 397 g/mol. The first-order valence-corrected chi connectivity index (χ1v) is 9.74. The molecule has 1 aliphatic rings. The van der Waals surface area contributed by atoms with Gasteiger partial charge in [0, 0.05) is 34.6 Å². The van der Waals surface area contributed by atoms with Gasteiger partial charge in [0.25, 0.3) is 5.56 Å². The van der Waals surface area contributed by atoms with Gasteiger partial charge in [0.1, 0.15) is 6.10 Å². The van der Waals surface area contributed by atoms with Crippen LogP contribution in [0.15, 0.2) is 59.4 Å². The van der Waals surface area contributed by atoms with Crippen LogP contribution < -0.4 is 5.56 Å². The lowest BCUT2D eigenvalue weighted by molar-refractivity contribution is -0.139. The fourth-order valence-corrected chi connectivity index (χ4v) is 3.84. The highest BCUT2D eigenvalue weighted by Crippen LogP contribution is 2.28. The average Bonchev–Trinajstić information content (AvgIpc) is 2.72. The molecule has 144 valence electrons. The Balaban J connectivity index is 1.43. The van der Waals surface area contributed by atoms with Crippen molar-refractivity contribution in [3.63, 3.8) is 0 Å². The van der Waals surface area contributed by atoms with Gasteiger partial charge in [-0.1, -0.05) is 48.0 Å². The van der Waals surface area contributed by atoms with E-state index in [0.29, 0.717) is 36.7 Å². The number of halogens is 1. The SMILES string of the molecule is O=C(CCc1cc2ccccc2[nH]c1=O)N1CCOC(c2ccccc2Cl)C1. The Bertz CT molecular complexity index is 1060. The molecule has 1 aliphatic heterocycles. The molecule has 2 heterocycles. The zero-order valence-corrected chi connectivity index (χ0v) is 16.1. The van der Waals surface area contributed by atoms with Crippen molar-refractivity contribution in [2.45, 2.75) is 18.9 Å². The molecule has 2 aromatic carbocycles. The van der Waals surface area contributed by atoms with E-state index in [0.717, 1.165) is 16.5 Å². The highest BCUT2D eigenvalue weighted by atomic mass is 35.5. The van der Waals surface area contributed by atoms with E-state index in [-0.39, 0.29) is 24.0 Å². The third-order valence-corrected chi connectivity index (χ3v) is 5.45. The molecule has 1 atom stereocenters. The number of amides is 1. The minimum absolute atomic E-state index is 0.0212. The van der Waals surface area contributed by atoms with Gasteiger partial charge in [0.15, 0.2) is 0 Å². The van der Waals surface area contributed by atoms with Crippen LogP contribution in [-0.4, -0.2) is 35.5 Å². The number of para-hydroxylation sites is 1. The van der Waals surface area contributed by atoms with Gasteiger partial charge in [0.05, 0.1) is 13.2 Å². The van der Waals surface area contributed by atoms with Gasteiger partial charge in [-0.3, -0.25) is 9.59 Å². The first kappa shape index (κ1) is 18.7. The Labute approximate surface area is 167 Å². The van der Waals surface area contributed by atoms with Crippen LogP contribution in [-0.2, 0) is 16.0 Å². The number of morpholine rings is 1. The molecule has 1 amide bonds. The number of nitrogens with zero attached hydrogens (tertiary/aromatic N) is 1. The summed E-state index contributed by atoms with van der Waals surface area (Å²) in [5, 5.41) is 1.61. The number of pyridine rings is 1. The lowest BCUT2D eigenvalue weighted by Gasteiger charge is -2.33. The van der Waals surface area contributed by atoms with Crippen LogP contribution in [0.5, 0.6) is 0 Å². The van der Waals surface area contributed by atoms with Crippen LogP contribution >= 0.6 is 11.6 Å². The number of benzene rings is 2. The third-order valence-electron chi connectivity index (χ3n) is 5.11. The largest absolute Gasteiger partial charge is 0.370 e. The number of fused-ring (bicyclic) bond motifs is 1. The summed E-state index contributed by atoms with van der Waals surface area (Å²) in [4.78, 5) is 29.7. The van der Waals surface area contributed by atoms with Crippen molar-refractivity contribution >= 4 is 28.4 Å². The number of carbonyl (C=O) groups excluding carboxylic acids is 1. The van der Waals surface area contributed by atoms with Crippen LogP contribution in [0, 0.1) is 0 Å². The number of hydrogen-bond acceptors (Lipinski definition) is 3. The van der Waals surface area contributed by atoms with Gasteiger partial charge in [0.2, 0.25) is 5.91 Å². The molecule has 0 saturated carbocycles. The first-order chi connectivity index (χ1) is 13.6. The Morgan fingerprint density at radius 3 is 2.82 bits per heavy atom. The molecule has 4 rings (SSSR count). The second kappa shape index (κ2) is 8.17. The summed E-state index contributed by atoms with van der Waals surface area (Å²) < 4.78 is 5.82. The summed E-state index contributed by atoms with van der Waals surface area (Å²) in [5.74, 6) is 0.0212. The number of rotatable bonds is 4. The highest BCUT2D eigenvalue weighted by Gasteiger charge is 2.26. The van der Waals surface area contributed by atoms with Crippen LogP contribution in [0.3, 0.4) is 0 Å². The Morgan fingerprint density at radius 1 is 1.18 bits per heavy atom. The molecule has 0 aliphatic carbocycles. The summed E-state index contributed by atoms with van der Waals surface area (Å²) >= 11 is 6.27. The van der Waals surface area contributed by atoms with E-state index in [1.807, 2.05) is 54.6 Å². The second-order valence-electron chi connectivity index (χ2n) is 6.93. The van der Waals surface area contributed by atoms with Crippen molar-refractivity contribution in [2.75, 3.05) is 19.7 Å². The zero-order valence-electron chi connectivity index (χ0n) is 15.4. The summed E-state index contributed by atoms with van der Waals surface area (Å²) in [6.07, 6.45) is 0.472. The summed E-state index contributed by atoms with van der Waals surface area (Å²) in [5.41, 5.74) is 2.19. The molecule has 1 N–H and O–H groups in total. The van der Waals surface area contributed by atoms with E-state index in [9.17, 15) is 9.59 Å². The lowest BCUT2D eigenvalue weighted by Crippen LogP contribution is -2.42. The lowest BCUT2D eigenvalue weighted by atomic mass is 10.1. The van der Waals surface area contributed by atoms with Crippen molar-refractivity contribution in [3.8, 4) is 0 Å². The maximum absolute atomic E-state index is 12.7. The maximum Gasteiger partial charge on any atom is 0.251 e. The van der Waals surface area contributed by atoms with Gasteiger partial charge in [-0.15, -0.1) is 0 Å². The molecule has 0 radical (unpaired) electrons. The van der Waals surface area contributed by atoms with Gasteiger partial charge in [-0.25, -0.2) is 0 Å². The summed E-state index contributed by atoms with van der Waals surface area (Å²) in [7, 11) is 0. The number of aryl methyl sites for hydroxylation is 1. The molecule has 1 aromatic heterocycles. The van der Waals surface area contributed by atoms with Crippen LogP contribution in [0.2, 0.25) is 5.02 Å². The molecule has 28 heavy (non-hydrogen) atoms. The quantitative estimate of drug-likeness (QED) is 0.731.